The summed E-state index contributed by atoms with van der Waals surface area (Å²) < 4.78 is 23.2. The van der Waals surface area contributed by atoms with E-state index in [9.17, 15) is 19.4 Å². The van der Waals surface area contributed by atoms with E-state index in [1.165, 1.54) is 83.5 Å². The van der Waals surface area contributed by atoms with E-state index in [1.807, 2.05) is 27.2 Å². The molecule has 0 bridgehead atoms. The quantitative estimate of drug-likeness (QED) is 0.0288. The lowest BCUT2D eigenvalue weighted by molar-refractivity contribution is -0.870. The highest BCUT2D eigenvalue weighted by Gasteiger charge is 2.27. The van der Waals surface area contributed by atoms with Gasteiger partial charge in [-0.05, 0) is 44.9 Å². The molecular weight excluding hydrogens is 587 g/mol. The zero-order valence-electron chi connectivity index (χ0n) is 29.9. The molecule has 0 aliphatic carbocycles. The maximum atomic E-state index is 12.7. The Morgan fingerprint density at radius 3 is 1.76 bits per heavy atom. The second-order valence-corrected chi connectivity index (χ2v) is 15.0. The minimum atomic E-state index is -4.31. The third-order valence-corrected chi connectivity index (χ3v) is 8.90. The summed E-state index contributed by atoms with van der Waals surface area (Å²) in [6.45, 7) is 4.67. The highest BCUT2D eigenvalue weighted by atomic mass is 31.2. The van der Waals surface area contributed by atoms with Crippen LogP contribution in [-0.2, 0) is 18.4 Å². The number of unbranched alkanes of at least 4 members (excludes halogenated alkanes) is 17. The SMILES string of the molecule is CCCCC/C=C/C(O)C(COP(=O)(O)OCC[N+](C)(C)C)NC(=O)CCCCCCCCC/C=C\CCCCCCCCC. The van der Waals surface area contributed by atoms with E-state index < -0.39 is 20.0 Å². The molecule has 0 heterocycles. The first kappa shape index (κ1) is 44.0. The van der Waals surface area contributed by atoms with Crippen molar-refractivity contribution in [3.8, 4) is 0 Å². The number of carbonyl (C=O) groups excluding carboxylic acids is 1. The van der Waals surface area contributed by atoms with Crippen LogP contribution in [-0.4, -0.2) is 73.4 Å². The molecule has 0 saturated carbocycles. The minimum absolute atomic E-state index is 0.0601. The molecule has 0 radical (unpaired) electrons. The van der Waals surface area contributed by atoms with Crippen molar-refractivity contribution < 1.29 is 32.9 Å². The predicted molar refractivity (Wildman–Crippen MR) is 189 cm³/mol. The molecule has 0 aliphatic heterocycles. The lowest BCUT2D eigenvalue weighted by Crippen LogP contribution is -2.45. The molecule has 0 rings (SSSR count). The van der Waals surface area contributed by atoms with Gasteiger partial charge in [0.15, 0.2) is 0 Å². The Morgan fingerprint density at radius 1 is 0.733 bits per heavy atom. The molecule has 0 aromatic heterocycles. The highest BCUT2D eigenvalue weighted by molar-refractivity contribution is 7.47. The third kappa shape index (κ3) is 31.4. The first-order valence-electron chi connectivity index (χ1n) is 18.2. The van der Waals surface area contributed by atoms with Gasteiger partial charge in [0.1, 0.15) is 13.2 Å². The molecule has 0 aromatic carbocycles. The fourth-order valence-electron chi connectivity index (χ4n) is 4.91. The van der Waals surface area contributed by atoms with E-state index >= 15 is 0 Å². The van der Waals surface area contributed by atoms with Gasteiger partial charge in [-0.1, -0.05) is 122 Å². The second-order valence-electron chi connectivity index (χ2n) is 13.6. The van der Waals surface area contributed by atoms with Crippen molar-refractivity contribution in [1.82, 2.24) is 5.32 Å². The molecule has 3 atom stereocenters. The molecule has 1 amide bonds. The molecule has 0 spiro atoms. The van der Waals surface area contributed by atoms with Crippen molar-refractivity contribution in [2.45, 2.75) is 161 Å². The van der Waals surface area contributed by atoms with Crippen LogP contribution in [0.5, 0.6) is 0 Å². The molecule has 0 saturated heterocycles. The van der Waals surface area contributed by atoms with Crippen molar-refractivity contribution in [3.05, 3.63) is 24.3 Å². The van der Waals surface area contributed by atoms with Crippen LogP contribution in [0.3, 0.4) is 0 Å². The number of likely N-dealkylation sites (N-methyl/N-ethyl adjacent to an activating group) is 1. The van der Waals surface area contributed by atoms with Crippen LogP contribution in [0, 0.1) is 0 Å². The van der Waals surface area contributed by atoms with Gasteiger partial charge in [-0.3, -0.25) is 13.8 Å². The van der Waals surface area contributed by atoms with E-state index in [0.717, 1.165) is 44.9 Å². The number of aliphatic hydroxyl groups excluding tert-OH is 1. The van der Waals surface area contributed by atoms with E-state index in [0.29, 0.717) is 17.4 Å². The van der Waals surface area contributed by atoms with E-state index in [2.05, 4.69) is 31.3 Å². The van der Waals surface area contributed by atoms with Crippen LogP contribution in [0.2, 0.25) is 0 Å². The molecule has 0 fully saturated rings. The van der Waals surface area contributed by atoms with Crippen LogP contribution >= 0.6 is 7.82 Å². The maximum Gasteiger partial charge on any atom is 0.472 e. The van der Waals surface area contributed by atoms with Gasteiger partial charge in [-0.2, -0.15) is 0 Å². The Labute approximate surface area is 277 Å². The van der Waals surface area contributed by atoms with Gasteiger partial charge < -0.3 is 19.8 Å². The molecule has 45 heavy (non-hydrogen) atoms. The molecule has 3 N–H and O–H groups in total. The van der Waals surface area contributed by atoms with Crippen molar-refractivity contribution in [2.75, 3.05) is 40.9 Å². The predicted octanol–water partition coefficient (Wildman–Crippen LogP) is 9.02. The number of aliphatic hydroxyl groups is 1. The highest BCUT2D eigenvalue weighted by Crippen LogP contribution is 2.43. The van der Waals surface area contributed by atoms with E-state index in [-0.39, 0.29) is 19.1 Å². The number of allylic oxidation sites excluding steroid dienone is 3. The fourth-order valence-corrected chi connectivity index (χ4v) is 5.65. The minimum Gasteiger partial charge on any atom is -0.387 e. The van der Waals surface area contributed by atoms with Crippen LogP contribution in [0.25, 0.3) is 0 Å². The van der Waals surface area contributed by atoms with Crippen LogP contribution < -0.4 is 5.32 Å². The van der Waals surface area contributed by atoms with E-state index in [1.54, 1.807) is 6.08 Å². The number of nitrogens with one attached hydrogen (secondary N) is 1. The number of hydrogen-bond donors (Lipinski definition) is 3. The molecular formula is C36H72N2O6P+. The average Bonchev–Trinajstić information content (AvgIpc) is 2.97. The van der Waals surface area contributed by atoms with Gasteiger partial charge >= 0.3 is 7.82 Å². The summed E-state index contributed by atoms with van der Waals surface area (Å²) in [7, 11) is 1.56. The molecule has 266 valence electrons. The van der Waals surface area contributed by atoms with Crippen molar-refractivity contribution >= 4 is 13.7 Å². The smallest absolute Gasteiger partial charge is 0.387 e. The lowest BCUT2D eigenvalue weighted by Gasteiger charge is -2.25. The normalized spacial score (nSPS) is 15.1. The first-order chi connectivity index (χ1) is 21.5. The van der Waals surface area contributed by atoms with Gasteiger partial charge in [0, 0.05) is 6.42 Å². The van der Waals surface area contributed by atoms with E-state index in [4.69, 9.17) is 9.05 Å². The summed E-state index contributed by atoms with van der Waals surface area (Å²) >= 11 is 0. The second kappa shape index (κ2) is 29.1. The summed E-state index contributed by atoms with van der Waals surface area (Å²) in [5, 5.41) is 13.5. The van der Waals surface area contributed by atoms with Gasteiger partial charge in [0.2, 0.25) is 5.91 Å². The molecule has 0 aromatic rings. The van der Waals surface area contributed by atoms with Gasteiger partial charge in [0.25, 0.3) is 0 Å². The van der Waals surface area contributed by atoms with Crippen molar-refractivity contribution in [2.24, 2.45) is 0 Å². The Balaban J connectivity index is 4.26. The number of nitrogens with zero attached hydrogens (tertiary/aromatic N) is 1. The summed E-state index contributed by atoms with van der Waals surface area (Å²) in [5.74, 6) is -0.191. The van der Waals surface area contributed by atoms with Crippen molar-refractivity contribution in [1.29, 1.82) is 0 Å². The number of amides is 1. The van der Waals surface area contributed by atoms with Crippen LogP contribution in [0.1, 0.15) is 149 Å². The first-order valence-corrected chi connectivity index (χ1v) is 19.7. The van der Waals surface area contributed by atoms with Crippen molar-refractivity contribution in [3.63, 3.8) is 0 Å². The summed E-state index contributed by atoms with van der Waals surface area (Å²) in [5.41, 5.74) is 0. The molecule has 3 unspecified atom stereocenters. The lowest BCUT2D eigenvalue weighted by atomic mass is 10.1. The Morgan fingerprint density at radius 2 is 1.20 bits per heavy atom. The molecule has 8 nitrogen and oxygen atoms in total. The summed E-state index contributed by atoms with van der Waals surface area (Å²) in [6, 6.07) is -0.841. The van der Waals surface area contributed by atoms with Gasteiger partial charge in [-0.15, -0.1) is 0 Å². The fraction of sp³-hybridized carbons (Fsp3) is 0.861. The zero-order chi connectivity index (χ0) is 33.7. The summed E-state index contributed by atoms with van der Waals surface area (Å²) in [4.78, 5) is 22.8. The Bertz CT molecular complexity index is 799. The Kier molecular flexibility index (Phi) is 28.5. The number of hydrogen-bond acceptors (Lipinski definition) is 5. The third-order valence-electron chi connectivity index (χ3n) is 7.92. The summed E-state index contributed by atoms with van der Waals surface area (Å²) in [6.07, 6.45) is 31.4. The van der Waals surface area contributed by atoms with Gasteiger partial charge in [0.05, 0.1) is 39.9 Å². The number of quaternary nitrogens is 1. The largest absolute Gasteiger partial charge is 0.472 e. The maximum absolute atomic E-state index is 12.7. The topological polar surface area (TPSA) is 105 Å². The number of rotatable bonds is 32. The molecule has 0 aliphatic rings. The number of carbonyl (C=O) groups is 1. The average molecular weight is 660 g/mol. The number of phosphoric ester groups is 1. The number of phosphoric acid groups is 1. The molecule has 9 heteroatoms. The van der Waals surface area contributed by atoms with Gasteiger partial charge in [-0.25, -0.2) is 4.57 Å². The zero-order valence-corrected chi connectivity index (χ0v) is 30.8. The van der Waals surface area contributed by atoms with Crippen LogP contribution in [0.15, 0.2) is 24.3 Å². The Hall–Kier alpha value is -1.02. The standard InChI is InChI=1S/C36H71N2O6P/c1-6-8-10-12-13-14-15-16-17-18-19-20-21-22-23-24-26-28-30-36(40)37-34(35(39)29-27-25-11-9-7-2)33-44-45(41,42)43-32-31-38(3,4)5/h17-18,27,29,34-35,39H,6-16,19-26,28,30-33H2,1-5H3,(H-,37,40,41,42)/p+1/b18-17-,29-27+. The van der Waals surface area contributed by atoms with Crippen LogP contribution in [0.4, 0.5) is 0 Å². The monoisotopic (exact) mass is 660 g/mol.